The van der Waals surface area contributed by atoms with Crippen molar-refractivity contribution < 1.29 is 4.79 Å². The fraction of sp³-hybridized carbons (Fsp3) is 0.200. The zero-order valence-corrected chi connectivity index (χ0v) is 10.9. The van der Waals surface area contributed by atoms with Crippen LogP contribution in [0.1, 0.15) is 18.0 Å². The molecule has 2 unspecified atom stereocenters. The first kappa shape index (κ1) is 12.8. The molecule has 2 heterocycles. The summed E-state index contributed by atoms with van der Waals surface area (Å²) in [6.07, 6.45) is 4.03. The third-order valence-corrected chi connectivity index (χ3v) is 3.35. The molecule has 1 aromatic heterocycles. The second-order valence-corrected chi connectivity index (χ2v) is 4.77. The minimum Gasteiger partial charge on any atom is -0.323 e. The molecule has 5 heteroatoms. The number of rotatable bonds is 3. The molecule has 0 spiro atoms. The van der Waals surface area contributed by atoms with E-state index in [4.69, 9.17) is 0 Å². The van der Waals surface area contributed by atoms with E-state index in [2.05, 4.69) is 33.3 Å². The van der Waals surface area contributed by atoms with E-state index in [1.807, 2.05) is 24.3 Å². The summed E-state index contributed by atoms with van der Waals surface area (Å²) in [5.74, 6) is -0.0519. The number of nitrogens with zero attached hydrogens (tertiary/aromatic N) is 1. The molecule has 0 radical (unpaired) electrons. The highest BCUT2D eigenvalue weighted by Crippen LogP contribution is 2.22. The van der Waals surface area contributed by atoms with Crippen LogP contribution in [0.5, 0.6) is 0 Å². The SMILES string of the molecule is O=C(Nc1cccnc1)C1CC(c2ccccc2)NN1. The van der Waals surface area contributed by atoms with Crippen LogP contribution in [0.4, 0.5) is 5.69 Å². The Morgan fingerprint density at radius 1 is 1.15 bits per heavy atom. The van der Waals surface area contributed by atoms with Crippen LogP contribution < -0.4 is 16.2 Å². The second-order valence-electron chi connectivity index (χ2n) is 4.77. The molecule has 102 valence electrons. The maximum Gasteiger partial charge on any atom is 0.242 e. The van der Waals surface area contributed by atoms with E-state index in [1.54, 1.807) is 18.5 Å². The van der Waals surface area contributed by atoms with Crippen LogP contribution in [0.15, 0.2) is 54.9 Å². The largest absolute Gasteiger partial charge is 0.323 e. The van der Waals surface area contributed by atoms with Crippen molar-refractivity contribution in [1.82, 2.24) is 15.8 Å². The number of benzene rings is 1. The van der Waals surface area contributed by atoms with Crippen molar-refractivity contribution in [2.24, 2.45) is 0 Å². The molecule has 1 aromatic carbocycles. The number of hydrogen-bond donors (Lipinski definition) is 3. The summed E-state index contributed by atoms with van der Waals surface area (Å²) in [5, 5.41) is 2.85. The Hall–Kier alpha value is -2.24. The molecule has 1 aliphatic rings. The zero-order valence-electron chi connectivity index (χ0n) is 10.9. The Labute approximate surface area is 117 Å². The van der Waals surface area contributed by atoms with Crippen molar-refractivity contribution in [1.29, 1.82) is 0 Å². The first-order valence-corrected chi connectivity index (χ1v) is 6.60. The van der Waals surface area contributed by atoms with Gasteiger partial charge in [0.15, 0.2) is 0 Å². The molecule has 1 saturated heterocycles. The van der Waals surface area contributed by atoms with Gasteiger partial charge in [-0.25, -0.2) is 10.9 Å². The van der Waals surface area contributed by atoms with Gasteiger partial charge in [0, 0.05) is 12.2 Å². The summed E-state index contributed by atoms with van der Waals surface area (Å²) in [5.41, 5.74) is 8.09. The molecule has 3 N–H and O–H groups in total. The molecular weight excluding hydrogens is 252 g/mol. The highest BCUT2D eigenvalue weighted by molar-refractivity contribution is 5.94. The van der Waals surface area contributed by atoms with Crippen molar-refractivity contribution in [3.8, 4) is 0 Å². The van der Waals surface area contributed by atoms with E-state index < -0.39 is 0 Å². The van der Waals surface area contributed by atoms with Gasteiger partial charge in [-0.05, 0) is 24.1 Å². The molecule has 0 aliphatic carbocycles. The number of carbonyl (C=O) groups is 1. The zero-order chi connectivity index (χ0) is 13.8. The van der Waals surface area contributed by atoms with E-state index in [1.165, 1.54) is 5.56 Å². The lowest BCUT2D eigenvalue weighted by Gasteiger charge is -2.10. The lowest BCUT2D eigenvalue weighted by molar-refractivity contribution is -0.117. The van der Waals surface area contributed by atoms with E-state index >= 15 is 0 Å². The first-order chi connectivity index (χ1) is 9.83. The van der Waals surface area contributed by atoms with Gasteiger partial charge in [-0.2, -0.15) is 0 Å². The van der Waals surface area contributed by atoms with Crippen LogP contribution in [-0.2, 0) is 4.79 Å². The fourth-order valence-electron chi connectivity index (χ4n) is 2.30. The number of carbonyl (C=O) groups excluding carboxylic acids is 1. The predicted molar refractivity (Wildman–Crippen MR) is 76.7 cm³/mol. The summed E-state index contributed by atoms with van der Waals surface area (Å²) in [6, 6.07) is 13.6. The van der Waals surface area contributed by atoms with Crippen molar-refractivity contribution in [2.45, 2.75) is 18.5 Å². The molecule has 1 aliphatic heterocycles. The maximum absolute atomic E-state index is 12.2. The third-order valence-electron chi connectivity index (χ3n) is 3.35. The minimum atomic E-state index is -0.250. The number of hydrogen-bond acceptors (Lipinski definition) is 4. The number of nitrogens with one attached hydrogen (secondary N) is 3. The molecule has 0 bridgehead atoms. The Balaban J connectivity index is 1.61. The standard InChI is InChI=1S/C15H16N4O/c20-15(17-12-7-4-8-16-10-12)14-9-13(18-19-14)11-5-2-1-3-6-11/h1-8,10,13-14,18-19H,9H2,(H,17,20). The molecule has 2 aromatic rings. The minimum absolute atomic E-state index is 0.0519. The molecule has 3 rings (SSSR count). The summed E-state index contributed by atoms with van der Waals surface area (Å²) in [4.78, 5) is 16.1. The van der Waals surface area contributed by atoms with E-state index in [0.717, 1.165) is 6.42 Å². The predicted octanol–water partition coefficient (Wildman–Crippen LogP) is 1.63. The van der Waals surface area contributed by atoms with E-state index in [0.29, 0.717) is 5.69 Å². The van der Waals surface area contributed by atoms with Crippen LogP contribution in [0.2, 0.25) is 0 Å². The summed E-state index contributed by atoms with van der Waals surface area (Å²) in [7, 11) is 0. The quantitative estimate of drug-likeness (QED) is 0.791. The highest BCUT2D eigenvalue weighted by atomic mass is 16.2. The highest BCUT2D eigenvalue weighted by Gasteiger charge is 2.29. The Kier molecular flexibility index (Phi) is 3.71. The second kappa shape index (κ2) is 5.81. The van der Waals surface area contributed by atoms with Gasteiger partial charge in [0.05, 0.1) is 11.9 Å². The normalized spacial score (nSPS) is 21.6. The number of anilines is 1. The Morgan fingerprint density at radius 2 is 2.00 bits per heavy atom. The van der Waals surface area contributed by atoms with Crippen LogP contribution in [-0.4, -0.2) is 16.9 Å². The van der Waals surface area contributed by atoms with Crippen LogP contribution in [0.25, 0.3) is 0 Å². The van der Waals surface area contributed by atoms with Gasteiger partial charge < -0.3 is 5.32 Å². The van der Waals surface area contributed by atoms with Gasteiger partial charge in [-0.3, -0.25) is 9.78 Å². The average Bonchev–Trinajstić information content (AvgIpc) is 2.99. The van der Waals surface area contributed by atoms with Crippen molar-refractivity contribution in [3.63, 3.8) is 0 Å². The summed E-state index contributed by atoms with van der Waals surface area (Å²) < 4.78 is 0. The Bertz CT molecular complexity index is 573. The van der Waals surface area contributed by atoms with Crippen LogP contribution in [0.3, 0.4) is 0 Å². The molecule has 1 fully saturated rings. The molecule has 0 saturated carbocycles. The lowest BCUT2D eigenvalue weighted by atomic mass is 10.0. The van der Waals surface area contributed by atoms with Crippen molar-refractivity contribution in [3.05, 3.63) is 60.4 Å². The maximum atomic E-state index is 12.2. The van der Waals surface area contributed by atoms with Crippen molar-refractivity contribution in [2.75, 3.05) is 5.32 Å². The fourth-order valence-corrected chi connectivity index (χ4v) is 2.30. The third kappa shape index (κ3) is 2.84. The number of pyridine rings is 1. The topological polar surface area (TPSA) is 66.0 Å². The molecule has 5 nitrogen and oxygen atoms in total. The molecular formula is C15H16N4O. The monoisotopic (exact) mass is 268 g/mol. The van der Waals surface area contributed by atoms with Crippen LogP contribution >= 0.6 is 0 Å². The van der Waals surface area contributed by atoms with E-state index in [9.17, 15) is 4.79 Å². The van der Waals surface area contributed by atoms with Gasteiger partial charge in [-0.1, -0.05) is 30.3 Å². The smallest absolute Gasteiger partial charge is 0.242 e. The van der Waals surface area contributed by atoms with Gasteiger partial charge in [0.2, 0.25) is 5.91 Å². The lowest BCUT2D eigenvalue weighted by Crippen LogP contribution is -2.39. The summed E-state index contributed by atoms with van der Waals surface area (Å²) >= 11 is 0. The molecule has 20 heavy (non-hydrogen) atoms. The Morgan fingerprint density at radius 3 is 2.75 bits per heavy atom. The van der Waals surface area contributed by atoms with Crippen LogP contribution in [0, 0.1) is 0 Å². The van der Waals surface area contributed by atoms with Gasteiger partial charge >= 0.3 is 0 Å². The summed E-state index contributed by atoms with van der Waals surface area (Å²) in [6.45, 7) is 0. The average molecular weight is 268 g/mol. The first-order valence-electron chi connectivity index (χ1n) is 6.60. The van der Waals surface area contributed by atoms with E-state index in [-0.39, 0.29) is 18.0 Å². The van der Waals surface area contributed by atoms with Gasteiger partial charge in [0.1, 0.15) is 6.04 Å². The molecule has 2 atom stereocenters. The van der Waals surface area contributed by atoms with Crippen molar-refractivity contribution >= 4 is 11.6 Å². The number of amides is 1. The van der Waals surface area contributed by atoms with Gasteiger partial charge in [-0.15, -0.1) is 0 Å². The number of aromatic nitrogens is 1. The number of hydrazine groups is 1. The molecule has 1 amide bonds. The van der Waals surface area contributed by atoms with Gasteiger partial charge in [0.25, 0.3) is 0 Å².